The predicted molar refractivity (Wildman–Crippen MR) is 86.7 cm³/mol. The van der Waals surface area contributed by atoms with E-state index in [4.69, 9.17) is 9.59 Å². The zero-order chi connectivity index (χ0) is 17.9. The van der Waals surface area contributed by atoms with Gasteiger partial charge in [-0.3, -0.25) is 4.79 Å². The van der Waals surface area contributed by atoms with Crippen molar-refractivity contribution in [2.24, 2.45) is 5.92 Å². The molecule has 1 N–H and O–H groups in total. The van der Waals surface area contributed by atoms with Crippen LogP contribution in [0.2, 0.25) is 0 Å². The Hall–Kier alpha value is -1.98. The van der Waals surface area contributed by atoms with Crippen molar-refractivity contribution in [3.63, 3.8) is 0 Å². The number of carbonyl (C=O) groups excluding carboxylic acids is 3. The van der Waals surface area contributed by atoms with Gasteiger partial charge >= 0.3 is 6.15 Å². The maximum Gasteiger partial charge on any atom is 0.373 e. The van der Waals surface area contributed by atoms with E-state index in [1.165, 1.54) is 6.26 Å². The van der Waals surface area contributed by atoms with Gasteiger partial charge in [-0.25, -0.2) is 8.42 Å². The Labute approximate surface area is 137 Å². The van der Waals surface area contributed by atoms with Crippen molar-refractivity contribution in [1.82, 2.24) is 5.32 Å². The molecule has 0 saturated carbocycles. The highest BCUT2D eigenvalue weighted by molar-refractivity contribution is 7.90. The molecule has 0 aromatic heterocycles. The normalized spacial score (nSPS) is 10.4. The number of hydrogen-bond donors (Lipinski definition) is 1. The molecule has 0 bridgehead atoms. The highest BCUT2D eigenvalue weighted by Gasteiger charge is 2.07. The van der Waals surface area contributed by atoms with E-state index in [9.17, 15) is 13.2 Å². The molecule has 0 aliphatic heterocycles. The van der Waals surface area contributed by atoms with Gasteiger partial charge in [0, 0.05) is 18.4 Å². The third kappa shape index (κ3) is 11.3. The fraction of sp³-hybridized carbons (Fsp3) is 0.500. The van der Waals surface area contributed by atoms with Crippen molar-refractivity contribution < 1.29 is 22.8 Å². The summed E-state index contributed by atoms with van der Waals surface area (Å²) < 4.78 is 22.0. The van der Waals surface area contributed by atoms with E-state index in [1.54, 1.807) is 6.07 Å². The van der Waals surface area contributed by atoms with Crippen LogP contribution in [-0.4, -0.2) is 39.0 Å². The molecule has 1 aromatic rings. The monoisotopic (exact) mass is 341 g/mol. The molecule has 7 heteroatoms. The number of nitrogens with one attached hydrogen (secondary N) is 1. The molecule has 23 heavy (non-hydrogen) atoms. The molecule has 0 aliphatic rings. The zero-order valence-corrected chi connectivity index (χ0v) is 14.5. The largest absolute Gasteiger partial charge is 0.373 e. The third-order valence-electron chi connectivity index (χ3n) is 2.81. The average Bonchev–Trinajstić information content (AvgIpc) is 2.43. The van der Waals surface area contributed by atoms with E-state index in [1.807, 2.05) is 18.2 Å². The Morgan fingerprint density at radius 3 is 2.39 bits per heavy atom. The van der Waals surface area contributed by atoms with Crippen LogP contribution in [-0.2, 0) is 25.8 Å². The summed E-state index contributed by atoms with van der Waals surface area (Å²) in [6.07, 6.45) is 2.83. The van der Waals surface area contributed by atoms with E-state index in [0.29, 0.717) is 24.4 Å². The second-order valence-electron chi connectivity index (χ2n) is 5.62. The number of amides is 1. The lowest BCUT2D eigenvalue weighted by Crippen LogP contribution is -2.26. The molecule has 128 valence electrons. The first-order valence-electron chi connectivity index (χ1n) is 7.23. The molecule has 0 aliphatic carbocycles. The molecule has 1 rings (SSSR count). The summed E-state index contributed by atoms with van der Waals surface area (Å²) in [5.41, 5.74) is 1.77. The van der Waals surface area contributed by atoms with E-state index in [-0.39, 0.29) is 17.8 Å². The Balaban J connectivity index is 0.00000149. The van der Waals surface area contributed by atoms with Gasteiger partial charge in [-0.05, 0) is 36.5 Å². The van der Waals surface area contributed by atoms with Crippen LogP contribution in [0.4, 0.5) is 0 Å². The maximum absolute atomic E-state index is 11.9. The van der Waals surface area contributed by atoms with Crippen LogP contribution in [0.5, 0.6) is 0 Å². The van der Waals surface area contributed by atoms with Crippen molar-refractivity contribution >= 4 is 21.9 Å². The maximum atomic E-state index is 11.9. The summed E-state index contributed by atoms with van der Waals surface area (Å²) in [6.45, 7) is 4.65. The first-order chi connectivity index (χ1) is 10.7. The standard InChI is InChI=1S/C15H23NO3S.CO2/c1-12(2)10-13-6-4-7-14(11-13)15(17)16-8-5-9-20(3,18)19;2-1-3/h4,6-7,11-12H,5,8-10H2,1-3H3,(H,16,17);. The highest BCUT2D eigenvalue weighted by Crippen LogP contribution is 2.10. The van der Waals surface area contributed by atoms with Crippen molar-refractivity contribution in [2.75, 3.05) is 18.6 Å². The second-order valence-corrected chi connectivity index (χ2v) is 7.88. The van der Waals surface area contributed by atoms with Gasteiger partial charge < -0.3 is 5.32 Å². The van der Waals surface area contributed by atoms with Crippen molar-refractivity contribution in [2.45, 2.75) is 26.7 Å². The summed E-state index contributed by atoms with van der Waals surface area (Å²) in [4.78, 5) is 28.2. The highest BCUT2D eigenvalue weighted by atomic mass is 32.2. The second kappa shape index (κ2) is 10.7. The third-order valence-corrected chi connectivity index (χ3v) is 3.84. The Bertz CT molecular complexity index is 632. The molecule has 1 amide bonds. The van der Waals surface area contributed by atoms with Crippen LogP contribution in [0.25, 0.3) is 0 Å². The van der Waals surface area contributed by atoms with Crippen LogP contribution in [0.1, 0.15) is 36.2 Å². The van der Waals surface area contributed by atoms with Crippen LogP contribution < -0.4 is 5.32 Å². The van der Waals surface area contributed by atoms with Crippen LogP contribution in [0, 0.1) is 5.92 Å². The van der Waals surface area contributed by atoms with E-state index < -0.39 is 9.84 Å². The minimum absolute atomic E-state index is 0.0979. The van der Waals surface area contributed by atoms with Gasteiger partial charge in [0.15, 0.2) is 0 Å². The number of carbonyl (C=O) groups is 1. The summed E-state index contributed by atoms with van der Waals surface area (Å²) >= 11 is 0. The summed E-state index contributed by atoms with van der Waals surface area (Å²) in [5, 5.41) is 2.75. The molecule has 0 fully saturated rings. The Morgan fingerprint density at radius 1 is 1.26 bits per heavy atom. The molecule has 0 spiro atoms. The van der Waals surface area contributed by atoms with Gasteiger partial charge in [0.1, 0.15) is 9.84 Å². The topological polar surface area (TPSA) is 97.4 Å². The fourth-order valence-corrected chi connectivity index (χ4v) is 2.62. The van der Waals surface area contributed by atoms with Crippen LogP contribution in [0.3, 0.4) is 0 Å². The molecule has 1 aromatic carbocycles. The smallest absolute Gasteiger partial charge is 0.352 e. The van der Waals surface area contributed by atoms with E-state index in [2.05, 4.69) is 19.2 Å². The quantitative estimate of drug-likeness (QED) is 0.757. The van der Waals surface area contributed by atoms with Gasteiger partial charge in [0.25, 0.3) is 5.91 Å². The Morgan fingerprint density at radius 2 is 1.87 bits per heavy atom. The summed E-state index contributed by atoms with van der Waals surface area (Å²) in [5.74, 6) is 0.493. The van der Waals surface area contributed by atoms with Gasteiger partial charge in [0.05, 0.1) is 5.75 Å². The van der Waals surface area contributed by atoms with E-state index in [0.717, 1.165) is 12.0 Å². The van der Waals surface area contributed by atoms with Gasteiger partial charge in [0.2, 0.25) is 0 Å². The summed E-state index contributed by atoms with van der Waals surface area (Å²) in [7, 11) is -2.96. The molecule has 0 heterocycles. The molecular weight excluding hydrogens is 318 g/mol. The molecule has 6 nitrogen and oxygen atoms in total. The molecule has 0 atom stereocenters. The molecule has 0 unspecified atom stereocenters. The first-order valence-corrected chi connectivity index (χ1v) is 9.29. The van der Waals surface area contributed by atoms with E-state index >= 15 is 0 Å². The zero-order valence-electron chi connectivity index (χ0n) is 13.7. The van der Waals surface area contributed by atoms with Crippen molar-refractivity contribution in [1.29, 1.82) is 0 Å². The minimum Gasteiger partial charge on any atom is -0.352 e. The number of sulfone groups is 1. The lowest BCUT2D eigenvalue weighted by molar-refractivity contribution is -0.191. The lowest BCUT2D eigenvalue weighted by Gasteiger charge is -2.08. The Kier molecular flexibility index (Phi) is 9.78. The number of hydrogen-bond acceptors (Lipinski definition) is 5. The van der Waals surface area contributed by atoms with Crippen molar-refractivity contribution in [3.8, 4) is 0 Å². The molecular formula is C16H23NO5S. The average molecular weight is 341 g/mol. The van der Waals surface area contributed by atoms with Gasteiger partial charge in [-0.2, -0.15) is 9.59 Å². The van der Waals surface area contributed by atoms with Crippen LogP contribution >= 0.6 is 0 Å². The fourth-order valence-electron chi connectivity index (χ4n) is 1.95. The number of rotatable bonds is 7. The number of benzene rings is 1. The van der Waals surface area contributed by atoms with Gasteiger partial charge in [-0.1, -0.05) is 26.0 Å². The lowest BCUT2D eigenvalue weighted by atomic mass is 10.0. The SMILES string of the molecule is CC(C)Cc1cccc(C(=O)NCCCS(C)(=O)=O)c1.O=C=O. The van der Waals surface area contributed by atoms with Gasteiger partial charge in [-0.15, -0.1) is 0 Å². The predicted octanol–water partition coefficient (Wildman–Crippen LogP) is 1.47. The molecule has 0 saturated heterocycles. The molecule has 0 radical (unpaired) electrons. The van der Waals surface area contributed by atoms with Crippen LogP contribution in [0.15, 0.2) is 24.3 Å². The minimum atomic E-state index is -2.96. The first kappa shape index (κ1) is 21.0. The summed E-state index contributed by atoms with van der Waals surface area (Å²) in [6, 6.07) is 7.56. The van der Waals surface area contributed by atoms with Crippen molar-refractivity contribution in [3.05, 3.63) is 35.4 Å².